The van der Waals surface area contributed by atoms with Gasteiger partial charge in [-0.15, -0.1) is 0 Å². The predicted octanol–water partition coefficient (Wildman–Crippen LogP) is 1.22. The van der Waals surface area contributed by atoms with Crippen LogP contribution in [0, 0.1) is 5.82 Å². The molecule has 0 heterocycles. The van der Waals surface area contributed by atoms with E-state index in [4.69, 9.17) is 5.14 Å². The van der Waals surface area contributed by atoms with Gasteiger partial charge in [0.2, 0.25) is 10.0 Å². The quantitative estimate of drug-likeness (QED) is 0.634. The van der Waals surface area contributed by atoms with Crippen molar-refractivity contribution in [2.75, 3.05) is 12.3 Å². The molecular formula is C10H12F4N2O2S. The normalized spacial score (nSPS) is 12.7. The number of benzene rings is 1. The molecule has 0 fully saturated rings. The van der Waals surface area contributed by atoms with Crippen molar-refractivity contribution in [3.05, 3.63) is 35.1 Å². The zero-order chi connectivity index (χ0) is 14.7. The molecule has 9 heteroatoms. The fourth-order valence-electron chi connectivity index (χ4n) is 1.40. The number of hydrogen-bond donors (Lipinski definition) is 2. The lowest BCUT2D eigenvalue weighted by atomic mass is 10.1. The van der Waals surface area contributed by atoms with Crippen molar-refractivity contribution >= 4 is 10.0 Å². The number of nitrogens with one attached hydrogen (secondary N) is 1. The Kier molecular flexibility index (Phi) is 4.88. The van der Waals surface area contributed by atoms with E-state index in [0.29, 0.717) is 6.07 Å². The molecule has 0 bridgehead atoms. The van der Waals surface area contributed by atoms with Gasteiger partial charge in [-0.3, -0.25) is 0 Å². The van der Waals surface area contributed by atoms with E-state index in [1.165, 1.54) is 0 Å². The van der Waals surface area contributed by atoms with Crippen molar-refractivity contribution in [2.45, 2.75) is 12.7 Å². The maximum absolute atomic E-state index is 12.8. The van der Waals surface area contributed by atoms with Gasteiger partial charge in [0.1, 0.15) is 5.82 Å². The molecule has 0 aliphatic rings. The Hall–Kier alpha value is -1.19. The average Bonchev–Trinajstić information content (AvgIpc) is 2.23. The summed E-state index contributed by atoms with van der Waals surface area (Å²) in [4.78, 5) is 0. The van der Waals surface area contributed by atoms with Crippen LogP contribution in [0.4, 0.5) is 17.6 Å². The van der Waals surface area contributed by atoms with Gasteiger partial charge in [-0.25, -0.2) is 17.9 Å². The zero-order valence-corrected chi connectivity index (χ0v) is 10.5. The van der Waals surface area contributed by atoms with Crippen LogP contribution in [0.1, 0.15) is 11.1 Å². The highest BCUT2D eigenvalue weighted by molar-refractivity contribution is 7.89. The van der Waals surface area contributed by atoms with Gasteiger partial charge in [-0.05, 0) is 17.7 Å². The van der Waals surface area contributed by atoms with Crippen molar-refractivity contribution in [2.24, 2.45) is 5.14 Å². The van der Waals surface area contributed by atoms with Crippen LogP contribution in [-0.4, -0.2) is 20.7 Å². The van der Waals surface area contributed by atoms with E-state index >= 15 is 0 Å². The number of alkyl halides is 3. The van der Waals surface area contributed by atoms with Crippen LogP contribution in [0.5, 0.6) is 0 Å². The van der Waals surface area contributed by atoms with Gasteiger partial charge in [-0.2, -0.15) is 13.2 Å². The van der Waals surface area contributed by atoms with Crippen molar-refractivity contribution in [1.29, 1.82) is 0 Å². The summed E-state index contributed by atoms with van der Waals surface area (Å²) in [6.07, 6.45) is -4.67. The Morgan fingerprint density at radius 1 is 1.26 bits per heavy atom. The molecule has 0 atom stereocenters. The van der Waals surface area contributed by atoms with Gasteiger partial charge < -0.3 is 5.32 Å². The fourth-order valence-corrected chi connectivity index (χ4v) is 1.83. The molecule has 0 radical (unpaired) electrons. The lowest BCUT2D eigenvalue weighted by molar-refractivity contribution is -0.138. The summed E-state index contributed by atoms with van der Waals surface area (Å²) in [5.74, 6) is -1.38. The van der Waals surface area contributed by atoms with Crippen LogP contribution < -0.4 is 10.5 Å². The number of rotatable bonds is 5. The standard InChI is InChI=1S/C10H12F4N2O2S/c11-8-2-1-7(9(5-8)10(12,13)14)6-16-3-4-19(15,17)18/h1-2,5,16H,3-4,6H2,(H2,15,17,18). The SMILES string of the molecule is NS(=O)(=O)CCNCc1ccc(F)cc1C(F)(F)F. The first-order chi connectivity index (χ1) is 8.59. The molecule has 0 aromatic heterocycles. The minimum atomic E-state index is -4.67. The van der Waals surface area contributed by atoms with Crippen LogP contribution in [0.2, 0.25) is 0 Å². The molecule has 0 unspecified atom stereocenters. The average molecular weight is 300 g/mol. The Bertz CT molecular complexity index is 543. The van der Waals surface area contributed by atoms with E-state index in [2.05, 4.69) is 5.32 Å². The highest BCUT2D eigenvalue weighted by atomic mass is 32.2. The van der Waals surface area contributed by atoms with Crippen molar-refractivity contribution in [3.63, 3.8) is 0 Å². The first-order valence-electron chi connectivity index (χ1n) is 5.16. The fraction of sp³-hybridized carbons (Fsp3) is 0.400. The second-order valence-corrected chi connectivity index (χ2v) is 5.58. The number of primary sulfonamides is 1. The van der Waals surface area contributed by atoms with Crippen LogP contribution >= 0.6 is 0 Å². The van der Waals surface area contributed by atoms with Crippen molar-refractivity contribution in [3.8, 4) is 0 Å². The van der Waals surface area contributed by atoms with Gasteiger partial charge in [0.25, 0.3) is 0 Å². The molecule has 108 valence electrons. The van der Waals surface area contributed by atoms with E-state index < -0.39 is 33.3 Å². The lowest BCUT2D eigenvalue weighted by Gasteiger charge is -2.13. The molecule has 19 heavy (non-hydrogen) atoms. The van der Waals surface area contributed by atoms with E-state index in [1.54, 1.807) is 0 Å². The molecule has 0 saturated carbocycles. The van der Waals surface area contributed by atoms with Gasteiger partial charge >= 0.3 is 6.18 Å². The Labute approximate surface area is 107 Å². The monoisotopic (exact) mass is 300 g/mol. The summed E-state index contributed by atoms with van der Waals surface area (Å²) in [5.41, 5.74) is -1.25. The molecule has 0 aliphatic heterocycles. The summed E-state index contributed by atoms with van der Waals surface area (Å²) in [6, 6.07) is 2.31. The van der Waals surface area contributed by atoms with E-state index in [1.807, 2.05) is 0 Å². The van der Waals surface area contributed by atoms with E-state index in [9.17, 15) is 26.0 Å². The number of nitrogens with two attached hydrogens (primary N) is 1. The summed E-state index contributed by atoms with van der Waals surface area (Å²) < 4.78 is 71.9. The maximum atomic E-state index is 12.8. The zero-order valence-electron chi connectivity index (χ0n) is 9.67. The first-order valence-corrected chi connectivity index (χ1v) is 6.88. The smallest absolute Gasteiger partial charge is 0.312 e. The second-order valence-electron chi connectivity index (χ2n) is 3.84. The van der Waals surface area contributed by atoms with Gasteiger partial charge in [0.05, 0.1) is 11.3 Å². The second kappa shape index (κ2) is 5.85. The summed E-state index contributed by atoms with van der Waals surface area (Å²) >= 11 is 0. The Balaban J connectivity index is 2.73. The van der Waals surface area contributed by atoms with Crippen molar-refractivity contribution in [1.82, 2.24) is 5.32 Å². The molecule has 0 aliphatic carbocycles. The first kappa shape index (κ1) is 15.9. The van der Waals surface area contributed by atoms with Crippen LogP contribution in [0.3, 0.4) is 0 Å². The van der Waals surface area contributed by atoms with E-state index in [-0.39, 0.29) is 18.7 Å². The number of sulfonamides is 1. The largest absolute Gasteiger partial charge is 0.416 e. The van der Waals surface area contributed by atoms with Crippen molar-refractivity contribution < 1.29 is 26.0 Å². The minimum absolute atomic E-state index is 0.0898. The van der Waals surface area contributed by atoms with Crippen LogP contribution in [0.15, 0.2) is 18.2 Å². The topological polar surface area (TPSA) is 72.2 Å². The predicted molar refractivity (Wildman–Crippen MR) is 61.1 cm³/mol. The summed E-state index contributed by atoms with van der Waals surface area (Å²) in [7, 11) is -3.67. The molecule has 0 spiro atoms. The molecule has 1 aromatic carbocycles. The van der Waals surface area contributed by atoms with Gasteiger partial charge in [-0.1, -0.05) is 6.07 Å². The molecule has 4 nitrogen and oxygen atoms in total. The Morgan fingerprint density at radius 3 is 2.42 bits per heavy atom. The minimum Gasteiger partial charge on any atom is -0.312 e. The lowest BCUT2D eigenvalue weighted by Crippen LogP contribution is -2.27. The van der Waals surface area contributed by atoms with Crippen LogP contribution in [0.25, 0.3) is 0 Å². The molecular weight excluding hydrogens is 288 g/mol. The molecule has 3 N–H and O–H groups in total. The highest BCUT2D eigenvalue weighted by Gasteiger charge is 2.33. The third-order valence-corrected chi connectivity index (χ3v) is 3.03. The molecule has 0 saturated heterocycles. The number of hydrogen-bond acceptors (Lipinski definition) is 3. The third kappa shape index (κ3) is 5.53. The van der Waals surface area contributed by atoms with Gasteiger partial charge in [0, 0.05) is 13.1 Å². The third-order valence-electron chi connectivity index (χ3n) is 2.26. The number of halogens is 4. The summed E-state index contributed by atoms with van der Waals surface area (Å²) in [5, 5.41) is 7.25. The van der Waals surface area contributed by atoms with E-state index in [0.717, 1.165) is 12.1 Å². The molecule has 1 rings (SSSR count). The van der Waals surface area contributed by atoms with Gasteiger partial charge in [0.15, 0.2) is 0 Å². The molecule has 1 aromatic rings. The Morgan fingerprint density at radius 2 is 1.89 bits per heavy atom. The van der Waals surface area contributed by atoms with Crippen LogP contribution in [-0.2, 0) is 22.7 Å². The summed E-state index contributed by atoms with van der Waals surface area (Å²) in [6.45, 7) is -0.321. The maximum Gasteiger partial charge on any atom is 0.416 e. The highest BCUT2D eigenvalue weighted by Crippen LogP contribution is 2.32. The molecule has 0 amide bonds.